The average molecular weight is 267 g/mol. The molecule has 1 aromatic carbocycles. The highest BCUT2D eigenvalue weighted by Crippen LogP contribution is 2.38. The smallest absolute Gasteiger partial charge is 0.165 e. The van der Waals surface area contributed by atoms with Crippen LogP contribution < -0.4 is 10.1 Å². The molecular formula is C15H22FNO2. The fraction of sp³-hybridized carbons (Fsp3) is 0.600. The lowest BCUT2D eigenvalue weighted by molar-refractivity contribution is -0.0652. The highest BCUT2D eigenvalue weighted by molar-refractivity contribution is 5.35. The number of nitrogens with one attached hydrogen (secondary N) is 1. The minimum atomic E-state index is -0.278. The molecule has 1 saturated heterocycles. The van der Waals surface area contributed by atoms with E-state index in [1.165, 1.54) is 0 Å². The molecule has 0 radical (unpaired) electrons. The van der Waals surface area contributed by atoms with Gasteiger partial charge in [-0.05, 0) is 51.1 Å². The number of hydrogen-bond donors (Lipinski definition) is 1. The Kier molecular flexibility index (Phi) is 4.77. The molecule has 19 heavy (non-hydrogen) atoms. The van der Waals surface area contributed by atoms with E-state index in [9.17, 15) is 4.39 Å². The van der Waals surface area contributed by atoms with E-state index < -0.39 is 0 Å². The summed E-state index contributed by atoms with van der Waals surface area (Å²) < 4.78 is 24.5. The molecule has 106 valence electrons. The highest BCUT2D eigenvalue weighted by atomic mass is 19.1. The lowest BCUT2D eigenvalue weighted by Gasteiger charge is -2.42. The van der Waals surface area contributed by atoms with Gasteiger partial charge in [0.1, 0.15) is 0 Å². The van der Waals surface area contributed by atoms with Crippen molar-refractivity contribution in [3.05, 3.63) is 29.6 Å². The molecule has 2 rings (SSSR count). The Hall–Kier alpha value is -1.13. The van der Waals surface area contributed by atoms with Crippen LogP contribution in [0.5, 0.6) is 5.75 Å². The first-order valence-electron chi connectivity index (χ1n) is 6.87. The lowest BCUT2D eigenvalue weighted by Crippen LogP contribution is -2.47. The van der Waals surface area contributed by atoms with E-state index >= 15 is 0 Å². The van der Waals surface area contributed by atoms with Gasteiger partial charge in [0, 0.05) is 5.41 Å². The second kappa shape index (κ2) is 6.35. The van der Waals surface area contributed by atoms with Crippen molar-refractivity contribution in [2.24, 2.45) is 0 Å². The summed E-state index contributed by atoms with van der Waals surface area (Å²) in [5, 5.41) is 3.14. The maximum atomic E-state index is 13.9. The Morgan fingerprint density at radius 3 is 2.74 bits per heavy atom. The Labute approximate surface area is 114 Å². The molecule has 0 aliphatic carbocycles. The third-order valence-electron chi connectivity index (χ3n) is 3.68. The molecule has 1 fully saturated rings. The van der Waals surface area contributed by atoms with Gasteiger partial charge in [0.15, 0.2) is 11.6 Å². The van der Waals surface area contributed by atoms with Crippen molar-refractivity contribution >= 4 is 0 Å². The van der Waals surface area contributed by atoms with Crippen LogP contribution >= 0.6 is 0 Å². The van der Waals surface area contributed by atoms with Crippen molar-refractivity contribution in [3.8, 4) is 5.75 Å². The van der Waals surface area contributed by atoms with Crippen LogP contribution in [-0.4, -0.2) is 33.4 Å². The van der Waals surface area contributed by atoms with Gasteiger partial charge >= 0.3 is 0 Å². The predicted octanol–water partition coefficient (Wildman–Crippen LogP) is 2.49. The topological polar surface area (TPSA) is 30.5 Å². The van der Waals surface area contributed by atoms with Crippen molar-refractivity contribution in [2.45, 2.75) is 25.2 Å². The lowest BCUT2D eigenvalue weighted by atomic mass is 9.75. The second-order valence-electron chi connectivity index (χ2n) is 5.06. The summed E-state index contributed by atoms with van der Waals surface area (Å²) in [6.07, 6.45) is 2.08. The number of halogens is 1. The second-order valence-corrected chi connectivity index (χ2v) is 5.06. The molecule has 1 aromatic rings. The van der Waals surface area contributed by atoms with Crippen molar-refractivity contribution < 1.29 is 13.9 Å². The average Bonchev–Trinajstić information content (AvgIpc) is 2.35. The van der Waals surface area contributed by atoms with Crippen LogP contribution in [0.15, 0.2) is 18.2 Å². The molecule has 0 unspecified atom stereocenters. The third-order valence-corrected chi connectivity index (χ3v) is 3.68. The van der Waals surface area contributed by atoms with E-state index in [0.29, 0.717) is 25.6 Å². The highest BCUT2D eigenvalue weighted by Gasteiger charge is 2.40. The van der Waals surface area contributed by atoms with Crippen LogP contribution in [0.2, 0.25) is 0 Å². The van der Waals surface area contributed by atoms with E-state index in [2.05, 4.69) is 5.32 Å². The summed E-state index contributed by atoms with van der Waals surface area (Å²) in [6.45, 7) is 4.68. The van der Waals surface area contributed by atoms with Crippen LogP contribution in [0.1, 0.15) is 25.3 Å². The number of benzene rings is 1. The fourth-order valence-electron chi connectivity index (χ4n) is 2.51. The molecule has 0 spiro atoms. The molecule has 3 nitrogen and oxygen atoms in total. The van der Waals surface area contributed by atoms with Crippen molar-refractivity contribution in [2.75, 3.05) is 33.4 Å². The van der Waals surface area contributed by atoms with Gasteiger partial charge < -0.3 is 14.8 Å². The minimum absolute atomic E-state index is 0.0115. The maximum Gasteiger partial charge on any atom is 0.165 e. The zero-order valence-electron chi connectivity index (χ0n) is 11.7. The molecule has 0 aromatic heterocycles. The quantitative estimate of drug-likeness (QED) is 0.770. The zero-order valence-corrected chi connectivity index (χ0v) is 11.7. The van der Waals surface area contributed by atoms with Crippen LogP contribution in [0.25, 0.3) is 0 Å². The summed E-state index contributed by atoms with van der Waals surface area (Å²) in [7, 11) is 1.94. The van der Waals surface area contributed by atoms with Gasteiger partial charge in [0.05, 0.1) is 19.8 Å². The van der Waals surface area contributed by atoms with Crippen LogP contribution in [0.4, 0.5) is 4.39 Å². The van der Waals surface area contributed by atoms with E-state index in [1.54, 1.807) is 12.1 Å². The zero-order chi connectivity index (χ0) is 13.7. The summed E-state index contributed by atoms with van der Waals surface area (Å²) in [5.41, 5.74) is 1.01. The Balaban J connectivity index is 2.12. The van der Waals surface area contributed by atoms with E-state index in [1.807, 2.05) is 20.0 Å². The minimum Gasteiger partial charge on any atom is -0.491 e. The van der Waals surface area contributed by atoms with Crippen molar-refractivity contribution in [1.82, 2.24) is 5.32 Å². The molecule has 0 saturated carbocycles. The van der Waals surface area contributed by atoms with Gasteiger partial charge in [0.25, 0.3) is 0 Å². The molecule has 0 amide bonds. The van der Waals surface area contributed by atoms with Crippen LogP contribution in [0.3, 0.4) is 0 Å². The van der Waals surface area contributed by atoms with E-state index in [-0.39, 0.29) is 11.2 Å². The summed E-state index contributed by atoms with van der Waals surface area (Å²) in [4.78, 5) is 0. The fourth-order valence-corrected chi connectivity index (χ4v) is 2.51. The SMILES string of the molecule is CCOc1ccc(C2(CCCNC)COC2)cc1F. The van der Waals surface area contributed by atoms with Crippen LogP contribution in [-0.2, 0) is 10.2 Å². The standard InChI is InChI=1S/C15H22FNO2/c1-3-19-14-6-5-12(9-13(14)16)15(10-18-11-15)7-4-8-17-2/h5-6,9,17H,3-4,7-8,10-11H2,1-2H3. The Morgan fingerprint density at radius 1 is 1.42 bits per heavy atom. The molecule has 4 heteroatoms. The monoisotopic (exact) mass is 267 g/mol. The Bertz CT molecular complexity index is 419. The van der Waals surface area contributed by atoms with Gasteiger partial charge in [-0.1, -0.05) is 6.07 Å². The largest absolute Gasteiger partial charge is 0.491 e. The van der Waals surface area contributed by atoms with E-state index in [4.69, 9.17) is 9.47 Å². The van der Waals surface area contributed by atoms with Gasteiger partial charge in [-0.3, -0.25) is 0 Å². The summed E-state index contributed by atoms with van der Waals surface area (Å²) in [6, 6.07) is 5.30. The molecule has 1 heterocycles. The molecule has 1 N–H and O–H groups in total. The first-order valence-corrected chi connectivity index (χ1v) is 6.87. The van der Waals surface area contributed by atoms with Crippen molar-refractivity contribution in [1.29, 1.82) is 0 Å². The first kappa shape index (κ1) is 14.3. The van der Waals surface area contributed by atoms with Crippen molar-refractivity contribution in [3.63, 3.8) is 0 Å². The third kappa shape index (κ3) is 3.07. The molecule has 1 aliphatic rings. The molecule has 0 atom stereocenters. The van der Waals surface area contributed by atoms with Gasteiger partial charge in [0.2, 0.25) is 0 Å². The van der Waals surface area contributed by atoms with Gasteiger partial charge in [-0.2, -0.15) is 0 Å². The van der Waals surface area contributed by atoms with Crippen LogP contribution in [0, 0.1) is 5.82 Å². The van der Waals surface area contributed by atoms with Gasteiger partial charge in [-0.15, -0.1) is 0 Å². The summed E-state index contributed by atoms with van der Waals surface area (Å²) >= 11 is 0. The normalized spacial score (nSPS) is 17.0. The summed E-state index contributed by atoms with van der Waals surface area (Å²) in [5.74, 6) is 0.0520. The number of rotatable bonds is 7. The predicted molar refractivity (Wildman–Crippen MR) is 73.2 cm³/mol. The maximum absolute atomic E-state index is 13.9. The Morgan fingerprint density at radius 2 is 2.21 bits per heavy atom. The molecule has 1 aliphatic heterocycles. The molecular weight excluding hydrogens is 245 g/mol. The first-order chi connectivity index (χ1) is 9.22. The molecule has 0 bridgehead atoms. The van der Waals surface area contributed by atoms with E-state index in [0.717, 1.165) is 24.9 Å². The van der Waals surface area contributed by atoms with Gasteiger partial charge in [-0.25, -0.2) is 4.39 Å². The number of ether oxygens (including phenoxy) is 2. The number of hydrogen-bond acceptors (Lipinski definition) is 3.